The molecule has 0 aromatic heterocycles. The molecule has 1 aliphatic carbocycles. The van der Waals surface area contributed by atoms with E-state index in [4.69, 9.17) is 9.47 Å². The number of rotatable bonds is 12. The van der Waals surface area contributed by atoms with Crippen molar-refractivity contribution in [3.63, 3.8) is 0 Å². The minimum atomic E-state index is -0.933. The zero-order chi connectivity index (χ0) is 15.0. The number of nitrogens with one attached hydrogen (secondary N) is 1. The molecule has 5 heteroatoms. The van der Waals surface area contributed by atoms with Crippen molar-refractivity contribution < 1.29 is 19.4 Å². The van der Waals surface area contributed by atoms with Gasteiger partial charge >= 0.3 is 5.97 Å². The van der Waals surface area contributed by atoms with E-state index in [2.05, 4.69) is 12.2 Å². The Morgan fingerprint density at radius 1 is 1.30 bits per heavy atom. The second kappa shape index (κ2) is 8.60. The van der Waals surface area contributed by atoms with Gasteiger partial charge in [-0.3, -0.25) is 10.1 Å². The van der Waals surface area contributed by atoms with E-state index in [1.807, 2.05) is 13.8 Å². The number of carbonyl (C=O) groups is 1. The van der Waals surface area contributed by atoms with Crippen LogP contribution in [0, 0.1) is 5.92 Å². The third-order valence-electron chi connectivity index (χ3n) is 3.55. The predicted octanol–water partition coefficient (Wildman–Crippen LogP) is 2.05. The van der Waals surface area contributed by atoms with Gasteiger partial charge in [0.15, 0.2) is 0 Å². The molecule has 1 atom stereocenters. The standard InChI is InChI=1S/C15H29NO4/c1-4-5-8-19-9-10-20-11-15(14(17)18,13-6-7-13)16-12(2)3/h12-13,16H,4-11H2,1-3H3,(H,17,18). The number of hydrogen-bond donors (Lipinski definition) is 2. The zero-order valence-corrected chi connectivity index (χ0v) is 13.0. The average Bonchev–Trinajstić information content (AvgIpc) is 3.20. The lowest BCUT2D eigenvalue weighted by Crippen LogP contribution is -2.59. The van der Waals surface area contributed by atoms with Crippen LogP contribution >= 0.6 is 0 Å². The fourth-order valence-corrected chi connectivity index (χ4v) is 2.37. The van der Waals surface area contributed by atoms with Crippen LogP contribution in [0.25, 0.3) is 0 Å². The Hall–Kier alpha value is -0.650. The van der Waals surface area contributed by atoms with Crippen molar-refractivity contribution in [2.24, 2.45) is 5.92 Å². The molecule has 1 saturated carbocycles. The van der Waals surface area contributed by atoms with E-state index in [0.29, 0.717) is 13.2 Å². The van der Waals surface area contributed by atoms with Crippen LogP contribution in [-0.4, -0.2) is 49.1 Å². The van der Waals surface area contributed by atoms with Crippen molar-refractivity contribution in [1.29, 1.82) is 0 Å². The maximum atomic E-state index is 11.7. The van der Waals surface area contributed by atoms with Crippen molar-refractivity contribution in [2.75, 3.05) is 26.4 Å². The summed E-state index contributed by atoms with van der Waals surface area (Å²) >= 11 is 0. The third kappa shape index (κ3) is 5.38. The first-order chi connectivity index (χ1) is 9.53. The first-order valence-corrected chi connectivity index (χ1v) is 7.69. The molecule has 1 fully saturated rings. The van der Waals surface area contributed by atoms with Gasteiger partial charge in [-0.2, -0.15) is 0 Å². The third-order valence-corrected chi connectivity index (χ3v) is 3.55. The Morgan fingerprint density at radius 2 is 1.95 bits per heavy atom. The number of ether oxygens (including phenoxy) is 2. The number of hydrogen-bond acceptors (Lipinski definition) is 4. The summed E-state index contributed by atoms with van der Waals surface area (Å²) in [6.45, 7) is 7.99. The van der Waals surface area contributed by atoms with Gasteiger partial charge in [-0.25, -0.2) is 0 Å². The first-order valence-electron chi connectivity index (χ1n) is 7.69. The Kier molecular flexibility index (Phi) is 7.48. The highest BCUT2D eigenvalue weighted by molar-refractivity contribution is 5.80. The Labute approximate surface area is 122 Å². The van der Waals surface area contributed by atoms with Crippen LogP contribution < -0.4 is 5.32 Å². The van der Waals surface area contributed by atoms with Crippen LogP contribution in [0.1, 0.15) is 46.5 Å². The summed E-state index contributed by atoms with van der Waals surface area (Å²) in [5.74, 6) is -0.621. The summed E-state index contributed by atoms with van der Waals surface area (Å²) in [7, 11) is 0. The van der Waals surface area contributed by atoms with Crippen LogP contribution in [0.2, 0.25) is 0 Å². The maximum Gasteiger partial charge on any atom is 0.326 e. The number of carboxylic acid groups (broad SMARTS) is 1. The fraction of sp³-hybridized carbons (Fsp3) is 0.933. The Bertz CT molecular complexity index is 292. The van der Waals surface area contributed by atoms with E-state index in [1.165, 1.54) is 0 Å². The van der Waals surface area contributed by atoms with Gasteiger partial charge < -0.3 is 14.6 Å². The summed E-state index contributed by atoms with van der Waals surface area (Å²) < 4.78 is 11.0. The quantitative estimate of drug-likeness (QED) is 0.538. The van der Waals surface area contributed by atoms with Gasteiger partial charge in [-0.1, -0.05) is 13.3 Å². The van der Waals surface area contributed by atoms with Crippen molar-refractivity contribution in [3.05, 3.63) is 0 Å². The van der Waals surface area contributed by atoms with Gasteiger partial charge in [-0.05, 0) is 39.0 Å². The number of aliphatic carboxylic acids is 1. The average molecular weight is 287 g/mol. The lowest BCUT2D eigenvalue weighted by Gasteiger charge is -2.32. The van der Waals surface area contributed by atoms with Crippen LogP contribution in [0.3, 0.4) is 0 Å². The molecule has 1 unspecified atom stereocenters. The molecule has 0 amide bonds. The van der Waals surface area contributed by atoms with Gasteiger partial charge in [-0.15, -0.1) is 0 Å². The minimum absolute atomic E-state index is 0.121. The molecule has 0 aliphatic heterocycles. The fourth-order valence-electron chi connectivity index (χ4n) is 2.37. The largest absolute Gasteiger partial charge is 0.480 e. The van der Waals surface area contributed by atoms with Gasteiger partial charge in [0, 0.05) is 12.6 Å². The molecule has 1 aliphatic rings. The van der Waals surface area contributed by atoms with Crippen molar-refractivity contribution in [1.82, 2.24) is 5.32 Å². The molecule has 0 radical (unpaired) electrons. The minimum Gasteiger partial charge on any atom is -0.480 e. The molecule has 0 aromatic carbocycles. The molecule has 0 bridgehead atoms. The van der Waals surface area contributed by atoms with Crippen LogP contribution in [0.15, 0.2) is 0 Å². The smallest absolute Gasteiger partial charge is 0.326 e. The summed E-state index contributed by atoms with van der Waals surface area (Å²) in [4.78, 5) is 11.7. The normalized spacial score (nSPS) is 18.2. The summed E-state index contributed by atoms with van der Waals surface area (Å²) in [6.07, 6.45) is 4.09. The van der Waals surface area contributed by atoms with Gasteiger partial charge in [0.05, 0.1) is 19.8 Å². The summed E-state index contributed by atoms with van der Waals surface area (Å²) in [6, 6.07) is 0.121. The van der Waals surface area contributed by atoms with Gasteiger partial charge in [0.2, 0.25) is 0 Å². The molecule has 0 spiro atoms. The molecule has 5 nitrogen and oxygen atoms in total. The summed E-state index contributed by atoms with van der Waals surface area (Å²) in [5, 5.41) is 12.8. The van der Waals surface area contributed by atoms with Crippen LogP contribution in [0.4, 0.5) is 0 Å². The van der Waals surface area contributed by atoms with Gasteiger partial charge in [0.1, 0.15) is 5.54 Å². The highest BCUT2D eigenvalue weighted by Gasteiger charge is 2.51. The Morgan fingerprint density at radius 3 is 2.45 bits per heavy atom. The molecular formula is C15H29NO4. The molecule has 118 valence electrons. The topological polar surface area (TPSA) is 67.8 Å². The van der Waals surface area contributed by atoms with E-state index < -0.39 is 11.5 Å². The van der Waals surface area contributed by atoms with Crippen LogP contribution in [-0.2, 0) is 14.3 Å². The second-order valence-corrected chi connectivity index (χ2v) is 5.87. The van der Waals surface area contributed by atoms with Crippen LogP contribution in [0.5, 0.6) is 0 Å². The lowest BCUT2D eigenvalue weighted by atomic mass is 9.93. The lowest BCUT2D eigenvalue weighted by molar-refractivity contribution is -0.150. The van der Waals surface area contributed by atoms with Crippen molar-refractivity contribution >= 4 is 5.97 Å². The van der Waals surface area contributed by atoms with Gasteiger partial charge in [0.25, 0.3) is 0 Å². The van der Waals surface area contributed by atoms with Crippen molar-refractivity contribution in [3.8, 4) is 0 Å². The molecule has 0 saturated heterocycles. The molecular weight excluding hydrogens is 258 g/mol. The second-order valence-electron chi connectivity index (χ2n) is 5.87. The SMILES string of the molecule is CCCCOCCOCC(NC(C)C)(C(=O)O)C1CC1. The molecule has 2 N–H and O–H groups in total. The van der Waals surface area contributed by atoms with Crippen molar-refractivity contribution in [2.45, 2.75) is 58.0 Å². The van der Waals surface area contributed by atoms with E-state index in [9.17, 15) is 9.90 Å². The highest BCUT2D eigenvalue weighted by Crippen LogP contribution is 2.40. The van der Waals surface area contributed by atoms with E-state index >= 15 is 0 Å². The number of carboxylic acids is 1. The first kappa shape index (κ1) is 17.4. The van der Waals surface area contributed by atoms with E-state index in [-0.39, 0.29) is 18.6 Å². The maximum absolute atomic E-state index is 11.7. The predicted molar refractivity (Wildman–Crippen MR) is 77.9 cm³/mol. The summed E-state index contributed by atoms with van der Waals surface area (Å²) in [5.41, 5.74) is -0.933. The monoisotopic (exact) mass is 287 g/mol. The zero-order valence-electron chi connectivity index (χ0n) is 13.0. The molecule has 20 heavy (non-hydrogen) atoms. The van der Waals surface area contributed by atoms with E-state index in [1.54, 1.807) is 0 Å². The highest BCUT2D eigenvalue weighted by atomic mass is 16.5. The molecule has 0 aromatic rings. The number of unbranched alkanes of at least 4 members (excludes halogenated alkanes) is 1. The van der Waals surface area contributed by atoms with E-state index in [0.717, 1.165) is 32.3 Å². The molecule has 0 heterocycles. The Balaban J connectivity index is 2.35. The molecule has 1 rings (SSSR count).